The second kappa shape index (κ2) is 6.32. The summed E-state index contributed by atoms with van der Waals surface area (Å²) in [6, 6.07) is -0.383. The summed E-state index contributed by atoms with van der Waals surface area (Å²) in [5, 5.41) is 3.78. The summed E-state index contributed by atoms with van der Waals surface area (Å²) in [6.07, 6.45) is 0. The molecule has 2 rings (SSSR count). The zero-order valence-electron chi connectivity index (χ0n) is 11.9. The summed E-state index contributed by atoms with van der Waals surface area (Å²) >= 11 is 1.22. The van der Waals surface area contributed by atoms with E-state index in [1.165, 1.54) is 18.5 Å². The first kappa shape index (κ1) is 14.9. The number of carbonyl (C=O) groups excluding carboxylic acids is 2. The number of rotatable bonds is 4. The zero-order chi connectivity index (χ0) is 14.7. The summed E-state index contributed by atoms with van der Waals surface area (Å²) in [5.74, 6) is -0.0152. The molecule has 1 aliphatic rings. The van der Waals surface area contributed by atoms with E-state index in [4.69, 9.17) is 4.74 Å². The maximum Gasteiger partial charge on any atom is 0.244 e. The summed E-state index contributed by atoms with van der Waals surface area (Å²) in [6.45, 7) is 7.51. The van der Waals surface area contributed by atoms with E-state index in [2.05, 4.69) is 9.69 Å². The Kier molecular flexibility index (Phi) is 4.72. The topological polar surface area (TPSA) is 71.5 Å². The molecule has 2 heterocycles. The average molecular weight is 297 g/mol. The predicted molar refractivity (Wildman–Crippen MR) is 77.3 cm³/mol. The van der Waals surface area contributed by atoms with Crippen LogP contribution in [0.2, 0.25) is 0 Å². The van der Waals surface area contributed by atoms with Gasteiger partial charge in [-0.1, -0.05) is 0 Å². The van der Waals surface area contributed by atoms with E-state index in [9.17, 15) is 9.59 Å². The number of morpholine rings is 1. The van der Waals surface area contributed by atoms with E-state index in [1.54, 1.807) is 18.7 Å². The molecule has 6 nitrogen and oxygen atoms in total. The minimum atomic E-state index is -0.383. The second-order valence-corrected chi connectivity index (χ2v) is 5.61. The highest BCUT2D eigenvalue weighted by molar-refractivity contribution is 7.10. The van der Waals surface area contributed by atoms with Crippen molar-refractivity contribution in [3.63, 3.8) is 0 Å². The van der Waals surface area contributed by atoms with Crippen LogP contribution in [0.3, 0.4) is 0 Å². The van der Waals surface area contributed by atoms with Gasteiger partial charge in [0.15, 0.2) is 5.78 Å². The Morgan fingerprint density at radius 3 is 2.65 bits per heavy atom. The van der Waals surface area contributed by atoms with E-state index in [0.717, 1.165) is 0 Å². The lowest BCUT2D eigenvalue weighted by molar-refractivity contribution is -0.135. The lowest BCUT2D eigenvalue weighted by atomic mass is 10.1. The molecule has 0 bridgehead atoms. The molecule has 1 aromatic rings. The molecule has 0 spiro atoms. The molecule has 0 saturated carbocycles. The third kappa shape index (κ3) is 3.16. The van der Waals surface area contributed by atoms with E-state index in [-0.39, 0.29) is 17.7 Å². The van der Waals surface area contributed by atoms with Gasteiger partial charge in [0, 0.05) is 13.1 Å². The number of anilines is 1. The molecule has 1 unspecified atom stereocenters. The van der Waals surface area contributed by atoms with Crippen LogP contribution < -0.4 is 5.32 Å². The van der Waals surface area contributed by atoms with Crippen LogP contribution in [0.4, 0.5) is 5.00 Å². The standard InChI is InChI=1S/C13H19N3O3S/c1-8-11(10(3)17)12(20-15-8)14-9(2)13(18)16-4-6-19-7-5-16/h9,14H,4-7H2,1-3H3. The molecule has 0 radical (unpaired) electrons. The highest BCUT2D eigenvalue weighted by Gasteiger charge is 2.24. The van der Waals surface area contributed by atoms with Crippen molar-refractivity contribution in [3.05, 3.63) is 11.3 Å². The molecule has 1 aliphatic heterocycles. The van der Waals surface area contributed by atoms with Gasteiger partial charge in [0.05, 0.1) is 24.5 Å². The van der Waals surface area contributed by atoms with Crippen molar-refractivity contribution in [2.75, 3.05) is 31.6 Å². The minimum absolute atomic E-state index is 0.0221. The maximum atomic E-state index is 12.3. The van der Waals surface area contributed by atoms with Crippen molar-refractivity contribution < 1.29 is 14.3 Å². The van der Waals surface area contributed by atoms with Gasteiger partial charge in [0.25, 0.3) is 0 Å². The zero-order valence-corrected chi connectivity index (χ0v) is 12.7. The number of nitrogens with zero attached hydrogens (tertiary/aromatic N) is 2. The Morgan fingerprint density at radius 2 is 2.05 bits per heavy atom. The summed E-state index contributed by atoms with van der Waals surface area (Å²) < 4.78 is 9.41. The quantitative estimate of drug-likeness (QED) is 0.849. The van der Waals surface area contributed by atoms with E-state index < -0.39 is 0 Å². The fraction of sp³-hybridized carbons (Fsp3) is 0.615. The molecule has 1 N–H and O–H groups in total. The number of aryl methyl sites for hydroxylation is 1. The van der Waals surface area contributed by atoms with E-state index in [1.807, 2.05) is 0 Å². The molecule has 110 valence electrons. The number of nitrogens with one attached hydrogen (secondary N) is 1. The van der Waals surface area contributed by atoms with Gasteiger partial charge in [-0.25, -0.2) is 0 Å². The van der Waals surface area contributed by atoms with Crippen molar-refractivity contribution >= 4 is 28.2 Å². The van der Waals surface area contributed by atoms with Crippen molar-refractivity contribution in [3.8, 4) is 0 Å². The molecule has 0 aromatic carbocycles. The van der Waals surface area contributed by atoms with Gasteiger partial charge in [0.2, 0.25) is 5.91 Å². The number of amides is 1. The lowest BCUT2D eigenvalue weighted by Gasteiger charge is -2.29. The number of hydrogen-bond donors (Lipinski definition) is 1. The Bertz CT molecular complexity index is 509. The largest absolute Gasteiger partial charge is 0.378 e. The van der Waals surface area contributed by atoms with Crippen LogP contribution >= 0.6 is 11.5 Å². The van der Waals surface area contributed by atoms with Crippen molar-refractivity contribution in [2.24, 2.45) is 0 Å². The molecular formula is C13H19N3O3S. The van der Waals surface area contributed by atoms with Crippen LogP contribution in [-0.4, -0.2) is 53.3 Å². The minimum Gasteiger partial charge on any atom is -0.378 e. The fourth-order valence-corrected chi connectivity index (χ4v) is 3.13. The number of carbonyl (C=O) groups is 2. The Morgan fingerprint density at radius 1 is 1.40 bits per heavy atom. The first-order valence-electron chi connectivity index (χ1n) is 6.61. The number of ether oxygens (including phenoxy) is 1. The van der Waals surface area contributed by atoms with Gasteiger partial charge in [-0.15, -0.1) is 0 Å². The fourth-order valence-electron chi connectivity index (χ4n) is 2.20. The Hall–Kier alpha value is -1.47. The van der Waals surface area contributed by atoms with Gasteiger partial charge < -0.3 is 15.0 Å². The number of ketones is 1. The smallest absolute Gasteiger partial charge is 0.244 e. The molecule has 1 amide bonds. The highest BCUT2D eigenvalue weighted by atomic mass is 32.1. The van der Waals surface area contributed by atoms with Crippen LogP contribution in [0.25, 0.3) is 0 Å². The Balaban J connectivity index is 2.05. The van der Waals surface area contributed by atoms with Crippen molar-refractivity contribution in [1.29, 1.82) is 0 Å². The van der Waals surface area contributed by atoms with Gasteiger partial charge in [-0.3, -0.25) is 9.59 Å². The summed E-state index contributed by atoms with van der Waals surface area (Å²) in [4.78, 5) is 25.7. The number of hydrogen-bond acceptors (Lipinski definition) is 6. The average Bonchev–Trinajstić information content (AvgIpc) is 2.79. The number of Topliss-reactive ketones (excluding diaryl/α,β-unsaturated/α-hetero) is 1. The Labute approximate surface area is 122 Å². The van der Waals surface area contributed by atoms with Crippen LogP contribution in [0.1, 0.15) is 29.9 Å². The second-order valence-electron chi connectivity index (χ2n) is 4.83. The first-order valence-corrected chi connectivity index (χ1v) is 7.38. The maximum absolute atomic E-state index is 12.3. The van der Waals surface area contributed by atoms with Crippen molar-refractivity contribution in [1.82, 2.24) is 9.27 Å². The molecule has 20 heavy (non-hydrogen) atoms. The molecule has 1 fully saturated rings. The monoisotopic (exact) mass is 297 g/mol. The van der Waals surface area contributed by atoms with Crippen LogP contribution in [0.5, 0.6) is 0 Å². The van der Waals surface area contributed by atoms with Gasteiger partial charge >= 0.3 is 0 Å². The summed E-state index contributed by atoms with van der Waals surface area (Å²) in [5.41, 5.74) is 1.28. The molecule has 0 aliphatic carbocycles. The van der Waals surface area contributed by atoms with E-state index >= 15 is 0 Å². The van der Waals surface area contributed by atoms with Crippen LogP contribution in [0, 0.1) is 6.92 Å². The lowest BCUT2D eigenvalue weighted by Crippen LogP contribution is -2.47. The number of aromatic nitrogens is 1. The molecular weight excluding hydrogens is 278 g/mol. The SMILES string of the molecule is CC(=O)c1c(C)nsc1NC(C)C(=O)N1CCOCC1. The van der Waals surface area contributed by atoms with Gasteiger partial charge in [0.1, 0.15) is 11.0 Å². The predicted octanol–water partition coefficient (Wildman–Crippen LogP) is 1.31. The molecule has 1 saturated heterocycles. The molecule has 1 aromatic heterocycles. The van der Waals surface area contributed by atoms with Gasteiger partial charge in [-0.2, -0.15) is 4.37 Å². The molecule has 7 heteroatoms. The van der Waals surface area contributed by atoms with Crippen LogP contribution in [0.15, 0.2) is 0 Å². The third-order valence-corrected chi connectivity index (χ3v) is 4.13. The summed E-state index contributed by atoms with van der Waals surface area (Å²) in [7, 11) is 0. The highest BCUT2D eigenvalue weighted by Crippen LogP contribution is 2.25. The van der Waals surface area contributed by atoms with Crippen molar-refractivity contribution in [2.45, 2.75) is 26.8 Å². The van der Waals surface area contributed by atoms with Crippen LogP contribution in [-0.2, 0) is 9.53 Å². The normalized spacial score (nSPS) is 16.9. The van der Waals surface area contributed by atoms with Gasteiger partial charge in [-0.05, 0) is 32.3 Å². The molecule has 1 atom stereocenters. The first-order chi connectivity index (χ1) is 9.50. The third-order valence-electron chi connectivity index (χ3n) is 3.26. The van der Waals surface area contributed by atoms with E-state index in [0.29, 0.717) is 42.6 Å².